The van der Waals surface area contributed by atoms with Crippen molar-refractivity contribution < 1.29 is 55.1 Å². The van der Waals surface area contributed by atoms with Gasteiger partial charge >= 0.3 is 0 Å². The van der Waals surface area contributed by atoms with E-state index in [1.54, 1.807) is 20.0 Å². The van der Waals surface area contributed by atoms with E-state index in [1.165, 1.54) is 4.57 Å². The molecule has 2 aromatic heterocycles. The van der Waals surface area contributed by atoms with Crippen molar-refractivity contribution >= 4 is 10.9 Å². The maximum Gasteiger partial charge on any atom is 0.184 e. The van der Waals surface area contributed by atoms with Crippen LogP contribution < -0.4 is 5.56 Å². The first-order chi connectivity index (χ1) is 6.13. The van der Waals surface area contributed by atoms with Crippen molar-refractivity contribution in [1.29, 1.82) is 0 Å². The van der Waals surface area contributed by atoms with Crippen LogP contribution in [0.25, 0.3) is 10.9 Å². The Labute approximate surface area is 123 Å². The van der Waals surface area contributed by atoms with Gasteiger partial charge < -0.3 is 9.55 Å². The van der Waals surface area contributed by atoms with Crippen LogP contribution in [0.4, 0.5) is 0 Å². The minimum Gasteiger partial charge on any atom is -0.391 e. The van der Waals surface area contributed by atoms with E-state index in [4.69, 9.17) is 1.37 Å². The largest absolute Gasteiger partial charge is 0.391 e. The SMILES string of the molecule is [3H][c-]1c(=O)n(C)c2c[c-]nc(C)c21.[W].[Y]. The molecule has 2 heterocycles. The zero-order valence-electron chi connectivity index (χ0n) is 8.87. The number of hydrogen-bond donors (Lipinski definition) is 0. The Balaban J connectivity index is 0.000000980. The second kappa shape index (κ2) is 5.39. The molecule has 3 nitrogen and oxygen atoms in total. The molecule has 0 aromatic carbocycles. The molecular formula is C9H8N2OWY-2. The topological polar surface area (TPSA) is 34.9 Å². The third-order valence-electron chi connectivity index (χ3n) is 1.95. The Morgan fingerprint density at radius 2 is 2.36 bits per heavy atom. The van der Waals surface area contributed by atoms with Crippen LogP contribution in [0.2, 0.25) is 0 Å². The summed E-state index contributed by atoms with van der Waals surface area (Å²) in [5, 5.41) is 0.631. The third-order valence-corrected chi connectivity index (χ3v) is 1.95. The van der Waals surface area contributed by atoms with E-state index in [9.17, 15) is 4.79 Å². The van der Waals surface area contributed by atoms with Crippen LogP contribution in [-0.2, 0) is 60.8 Å². The fraction of sp³-hybridized carbons (Fsp3) is 0.222. The van der Waals surface area contributed by atoms with E-state index < -0.39 is 0 Å². The maximum atomic E-state index is 11.4. The molecule has 0 N–H and O–H groups in total. The van der Waals surface area contributed by atoms with E-state index in [-0.39, 0.29) is 65.4 Å². The van der Waals surface area contributed by atoms with Gasteiger partial charge in [0.2, 0.25) is 0 Å². The Hall–Kier alpha value is 0.282. The van der Waals surface area contributed by atoms with Gasteiger partial charge in [-0.3, -0.25) is 4.79 Å². The Bertz CT molecular complexity index is 535. The van der Waals surface area contributed by atoms with Gasteiger partial charge in [0.05, 0.1) is 0 Å². The zero-order valence-corrected chi connectivity index (χ0v) is 13.6. The van der Waals surface area contributed by atoms with Gasteiger partial charge in [-0.15, -0.1) is 11.5 Å². The van der Waals surface area contributed by atoms with Crippen LogP contribution >= 0.6 is 0 Å². The maximum absolute atomic E-state index is 11.4. The molecule has 0 saturated heterocycles. The van der Waals surface area contributed by atoms with Crippen LogP contribution in [0.15, 0.2) is 16.9 Å². The Morgan fingerprint density at radius 1 is 1.71 bits per heavy atom. The number of fused-ring (bicyclic) bond motifs is 1. The molecule has 71 valence electrons. The van der Waals surface area contributed by atoms with E-state index in [2.05, 4.69) is 11.2 Å². The average molecular weight is 435 g/mol. The quantitative estimate of drug-likeness (QED) is 0.574. The normalized spacial score (nSPS) is 10.3. The summed E-state index contributed by atoms with van der Waals surface area (Å²) >= 11 is 0. The number of aromatic nitrogens is 2. The average Bonchev–Trinajstić information content (AvgIpc) is 2.33. The van der Waals surface area contributed by atoms with Crippen LogP contribution in [-0.4, -0.2) is 9.55 Å². The predicted octanol–water partition coefficient (Wildman–Crippen LogP) is 0.756. The van der Waals surface area contributed by atoms with Gasteiger partial charge in [0, 0.05) is 60.8 Å². The van der Waals surface area contributed by atoms with Gasteiger partial charge in [0.15, 0.2) is 5.56 Å². The van der Waals surface area contributed by atoms with Crippen LogP contribution in [0.3, 0.4) is 0 Å². The number of nitrogens with zero attached hydrogens (tertiary/aromatic N) is 2. The first-order valence-corrected chi connectivity index (χ1v) is 3.62. The third kappa shape index (κ3) is 2.26. The molecule has 14 heavy (non-hydrogen) atoms. The molecule has 1 radical (unpaired) electrons. The van der Waals surface area contributed by atoms with Crippen molar-refractivity contribution in [3.8, 4) is 0 Å². The first-order valence-electron chi connectivity index (χ1n) is 4.12. The minimum absolute atomic E-state index is 0. The molecule has 2 aromatic rings. The van der Waals surface area contributed by atoms with Crippen molar-refractivity contribution in [2.75, 3.05) is 0 Å². The van der Waals surface area contributed by atoms with Gasteiger partial charge in [0.25, 0.3) is 0 Å². The second-order valence-corrected chi connectivity index (χ2v) is 2.72. The Morgan fingerprint density at radius 3 is 2.93 bits per heavy atom. The van der Waals surface area contributed by atoms with Gasteiger partial charge in [-0.25, -0.2) is 0 Å². The molecule has 5 heteroatoms. The van der Waals surface area contributed by atoms with Gasteiger partial charge in [-0.1, -0.05) is 30.4 Å². The second-order valence-electron chi connectivity index (χ2n) is 2.72. The van der Waals surface area contributed by atoms with E-state index >= 15 is 0 Å². The summed E-state index contributed by atoms with van der Waals surface area (Å²) in [6, 6.07) is 1.65. The molecular weight excluding hydrogens is 425 g/mol. The smallest absolute Gasteiger partial charge is 0.184 e. The molecule has 0 fully saturated rings. The molecule has 0 saturated carbocycles. The van der Waals surface area contributed by atoms with E-state index in [0.29, 0.717) is 11.1 Å². The molecule has 0 atom stereocenters. The van der Waals surface area contributed by atoms with Crippen LogP contribution in [0, 0.1) is 13.1 Å². The van der Waals surface area contributed by atoms with E-state index in [0.717, 1.165) is 5.52 Å². The number of hydrogen-bond acceptors (Lipinski definition) is 2. The molecule has 0 bridgehead atoms. The summed E-state index contributed by atoms with van der Waals surface area (Å²) in [5.41, 5.74) is 1.13. The molecule has 0 aliphatic carbocycles. The summed E-state index contributed by atoms with van der Waals surface area (Å²) in [7, 11) is 1.65. The zero-order chi connectivity index (χ0) is 9.59. The number of pyridine rings is 1. The van der Waals surface area contributed by atoms with Crippen molar-refractivity contribution in [2.45, 2.75) is 6.92 Å². The summed E-state index contributed by atoms with van der Waals surface area (Å²) < 4.78 is 9.01. The van der Waals surface area contributed by atoms with Crippen molar-refractivity contribution in [2.24, 2.45) is 7.05 Å². The fourth-order valence-corrected chi connectivity index (χ4v) is 1.22. The number of rotatable bonds is 0. The van der Waals surface area contributed by atoms with Crippen LogP contribution in [0.1, 0.15) is 7.06 Å². The number of aryl methyl sites for hydroxylation is 2. The van der Waals surface area contributed by atoms with Crippen molar-refractivity contribution in [1.82, 2.24) is 9.55 Å². The standard InChI is InChI=1S/C9H8N2O.W.Y/c1-6-7-5-9(12)11(2)8(7)3-4-10-6;;/h3,5H,1-2H3;;/q-2;;/i5T;;. The van der Waals surface area contributed by atoms with Crippen LogP contribution in [0.5, 0.6) is 0 Å². The van der Waals surface area contributed by atoms with Gasteiger partial charge in [-0.2, -0.15) is 0 Å². The molecule has 0 amide bonds. The van der Waals surface area contributed by atoms with Gasteiger partial charge in [-0.05, 0) is 1.37 Å². The monoisotopic (exact) mass is 435 g/mol. The fourth-order valence-electron chi connectivity index (χ4n) is 1.22. The summed E-state index contributed by atoms with van der Waals surface area (Å²) in [5.74, 6) is 0. The van der Waals surface area contributed by atoms with E-state index in [1.807, 2.05) is 0 Å². The Kier molecular flexibility index (Phi) is 4.75. The molecule has 0 aliphatic heterocycles. The molecule has 0 aliphatic rings. The summed E-state index contributed by atoms with van der Waals surface area (Å²) in [4.78, 5) is 15.3. The van der Waals surface area contributed by atoms with Gasteiger partial charge in [0.1, 0.15) is 0 Å². The summed E-state index contributed by atoms with van der Waals surface area (Å²) in [6.45, 7) is 1.77. The molecule has 2 rings (SSSR count). The molecule has 0 unspecified atom stereocenters. The molecule has 0 spiro atoms. The van der Waals surface area contributed by atoms with Crippen molar-refractivity contribution in [3.05, 3.63) is 34.4 Å². The minimum atomic E-state index is -0.278. The van der Waals surface area contributed by atoms with Crippen molar-refractivity contribution in [3.63, 3.8) is 0 Å². The summed E-state index contributed by atoms with van der Waals surface area (Å²) in [6.07, 6.45) is 2.69. The first kappa shape index (κ1) is 12.4. The predicted molar refractivity (Wildman–Crippen MR) is 46.2 cm³/mol.